The SMILES string of the molecule is Cc1ccc(F)cc1C1CC1CBr. The zero-order chi connectivity index (χ0) is 9.42. The molecule has 1 aromatic carbocycles. The highest BCUT2D eigenvalue weighted by atomic mass is 79.9. The Morgan fingerprint density at radius 1 is 1.54 bits per heavy atom. The Balaban J connectivity index is 2.25. The molecule has 2 rings (SSSR count). The number of alkyl halides is 1. The van der Waals surface area contributed by atoms with Crippen LogP contribution >= 0.6 is 15.9 Å². The van der Waals surface area contributed by atoms with Gasteiger partial charge in [0.25, 0.3) is 0 Å². The molecule has 0 nitrogen and oxygen atoms in total. The summed E-state index contributed by atoms with van der Waals surface area (Å²) in [6.45, 7) is 2.05. The third-order valence-corrected chi connectivity index (χ3v) is 3.59. The van der Waals surface area contributed by atoms with E-state index in [9.17, 15) is 4.39 Å². The number of benzene rings is 1. The van der Waals surface area contributed by atoms with Crippen molar-refractivity contribution in [2.45, 2.75) is 19.3 Å². The number of hydrogen-bond donors (Lipinski definition) is 0. The standard InChI is InChI=1S/C11H12BrF/c1-7-2-3-9(13)5-10(7)11-4-8(11)6-12/h2-3,5,8,11H,4,6H2,1H3. The number of halogens is 2. The van der Waals surface area contributed by atoms with Gasteiger partial charge in [-0.05, 0) is 48.4 Å². The van der Waals surface area contributed by atoms with Gasteiger partial charge in [-0.1, -0.05) is 22.0 Å². The fourth-order valence-corrected chi connectivity index (χ4v) is 2.53. The molecule has 1 saturated carbocycles. The Labute approximate surface area is 86.3 Å². The highest BCUT2D eigenvalue weighted by Gasteiger charge is 2.37. The third-order valence-electron chi connectivity index (χ3n) is 2.76. The zero-order valence-corrected chi connectivity index (χ0v) is 9.14. The van der Waals surface area contributed by atoms with E-state index in [0.29, 0.717) is 5.92 Å². The smallest absolute Gasteiger partial charge is 0.123 e. The molecule has 0 heterocycles. The maximum Gasteiger partial charge on any atom is 0.123 e. The van der Waals surface area contributed by atoms with Gasteiger partial charge in [0.1, 0.15) is 5.82 Å². The van der Waals surface area contributed by atoms with E-state index < -0.39 is 0 Å². The van der Waals surface area contributed by atoms with Crippen molar-refractivity contribution in [2.75, 3.05) is 5.33 Å². The van der Waals surface area contributed by atoms with E-state index in [1.54, 1.807) is 6.07 Å². The van der Waals surface area contributed by atoms with Crippen molar-refractivity contribution in [1.82, 2.24) is 0 Å². The third kappa shape index (κ3) is 1.78. The molecule has 1 aliphatic rings. The highest BCUT2D eigenvalue weighted by molar-refractivity contribution is 9.09. The summed E-state index contributed by atoms with van der Waals surface area (Å²) in [5.41, 5.74) is 2.42. The first kappa shape index (κ1) is 9.20. The Kier molecular flexibility index (Phi) is 2.41. The first-order valence-corrected chi connectivity index (χ1v) is 5.66. The van der Waals surface area contributed by atoms with E-state index in [-0.39, 0.29) is 5.82 Å². The molecule has 0 spiro atoms. The van der Waals surface area contributed by atoms with Gasteiger partial charge in [0.15, 0.2) is 0 Å². The van der Waals surface area contributed by atoms with Gasteiger partial charge in [0.2, 0.25) is 0 Å². The molecular formula is C11H12BrF. The van der Waals surface area contributed by atoms with E-state index in [1.807, 2.05) is 6.07 Å². The molecule has 2 atom stereocenters. The number of hydrogen-bond acceptors (Lipinski definition) is 0. The van der Waals surface area contributed by atoms with Gasteiger partial charge in [-0.3, -0.25) is 0 Å². The second kappa shape index (κ2) is 3.41. The largest absolute Gasteiger partial charge is 0.207 e. The van der Waals surface area contributed by atoms with E-state index >= 15 is 0 Å². The fourth-order valence-electron chi connectivity index (χ4n) is 1.81. The second-order valence-electron chi connectivity index (χ2n) is 3.76. The van der Waals surface area contributed by atoms with Crippen LogP contribution in [0.5, 0.6) is 0 Å². The Morgan fingerprint density at radius 3 is 2.92 bits per heavy atom. The molecule has 2 heteroatoms. The van der Waals surface area contributed by atoms with E-state index in [2.05, 4.69) is 22.9 Å². The highest BCUT2D eigenvalue weighted by Crippen LogP contribution is 2.49. The lowest BCUT2D eigenvalue weighted by molar-refractivity contribution is 0.624. The fraction of sp³-hybridized carbons (Fsp3) is 0.455. The zero-order valence-electron chi connectivity index (χ0n) is 7.56. The predicted octanol–water partition coefficient (Wildman–Crippen LogP) is 3.63. The van der Waals surface area contributed by atoms with Gasteiger partial charge < -0.3 is 0 Å². The summed E-state index contributed by atoms with van der Waals surface area (Å²) < 4.78 is 13.0. The minimum Gasteiger partial charge on any atom is -0.207 e. The van der Waals surface area contributed by atoms with Crippen molar-refractivity contribution in [3.05, 3.63) is 35.1 Å². The molecule has 0 saturated heterocycles. The molecule has 1 aliphatic carbocycles. The Bertz CT molecular complexity index is 322. The summed E-state index contributed by atoms with van der Waals surface area (Å²) in [4.78, 5) is 0. The van der Waals surface area contributed by atoms with Crippen molar-refractivity contribution in [2.24, 2.45) is 5.92 Å². The number of aryl methyl sites for hydroxylation is 1. The van der Waals surface area contributed by atoms with Crippen molar-refractivity contribution < 1.29 is 4.39 Å². The van der Waals surface area contributed by atoms with Gasteiger partial charge in [-0.25, -0.2) is 4.39 Å². The molecule has 0 aromatic heterocycles. The van der Waals surface area contributed by atoms with Crippen molar-refractivity contribution >= 4 is 15.9 Å². The van der Waals surface area contributed by atoms with Crippen LogP contribution in [0.1, 0.15) is 23.5 Å². The molecule has 1 fully saturated rings. The second-order valence-corrected chi connectivity index (χ2v) is 4.40. The molecule has 70 valence electrons. The van der Waals surface area contributed by atoms with Crippen molar-refractivity contribution in [3.63, 3.8) is 0 Å². The summed E-state index contributed by atoms with van der Waals surface area (Å²) in [5.74, 6) is 1.20. The summed E-state index contributed by atoms with van der Waals surface area (Å²) in [7, 11) is 0. The quantitative estimate of drug-likeness (QED) is 0.696. The van der Waals surface area contributed by atoms with Gasteiger partial charge in [-0.15, -0.1) is 0 Å². The van der Waals surface area contributed by atoms with Gasteiger partial charge in [-0.2, -0.15) is 0 Å². The predicted molar refractivity (Wildman–Crippen MR) is 55.8 cm³/mol. The molecule has 0 radical (unpaired) electrons. The molecule has 0 aliphatic heterocycles. The monoisotopic (exact) mass is 242 g/mol. The van der Waals surface area contributed by atoms with E-state index in [1.165, 1.54) is 23.6 Å². The van der Waals surface area contributed by atoms with Crippen LogP contribution in [0.2, 0.25) is 0 Å². The first-order valence-electron chi connectivity index (χ1n) is 4.54. The molecule has 0 amide bonds. The Hall–Kier alpha value is -0.370. The first-order chi connectivity index (χ1) is 6.22. The van der Waals surface area contributed by atoms with Crippen LogP contribution in [0, 0.1) is 18.7 Å². The van der Waals surface area contributed by atoms with Crippen molar-refractivity contribution in [3.8, 4) is 0 Å². The molecule has 1 aromatic rings. The van der Waals surface area contributed by atoms with Crippen LogP contribution < -0.4 is 0 Å². The van der Waals surface area contributed by atoms with E-state index in [0.717, 1.165) is 11.2 Å². The minimum absolute atomic E-state index is 0.110. The van der Waals surface area contributed by atoms with E-state index in [4.69, 9.17) is 0 Å². The van der Waals surface area contributed by atoms with Crippen LogP contribution in [0.4, 0.5) is 4.39 Å². The molecular weight excluding hydrogens is 231 g/mol. The lowest BCUT2D eigenvalue weighted by Crippen LogP contribution is -1.90. The Morgan fingerprint density at radius 2 is 2.31 bits per heavy atom. The van der Waals surface area contributed by atoms with Crippen LogP contribution in [0.3, 0.4) is 0 Å². The summed E-state index contributed by atoms with van der Waals surface area (Å²) >= 11 is 3.46. The van der Waals surface area contributed by atoms with Gasteiger partial charge >= 0.3 is 0 Å². The number of rotatable bonds is 2. The average Bonchev–Trinajstić information content (AvgIpc) is 2.88. The maximum absolute atomic E-state index is 13.0. The van der Waals surface area contributed by atoms with Crippen molar-refractivity contribution in [1.29, 1.82) is 0 Å². The van der Waals surface area contributed by atoms with Crippen LogP contribution in [-0.4, -0.2) is 5.33 Å². The topological polar surface area (TPSA) is 0 Å². The lowest BCUT2D eigenvalue weighted by Gasteiger charge is -2.04. The van der Waals surface area contributed by atoms with Crippen LogP contribution in [0.15, 0.2) is 18.2 Å². The lowest BCUT2D eigenvalue weighted by atomic mass is 10.0. The molecule has 13 heavy (non-hydrogen) atoms. The normalized spacial score (nSPS) is 26.1. The summed E-state index contributed by atoms with van der Waals surface area (Å²) in [6.07, 6.45) is 1.20. The van der Waals surface area contributed by atoms with Gasteiger partial charge in [0.05, 0.1) is 0 Å². The average molecular weight is 243 g/mol. The molecule has 2 unspecified atom stereocenters. The summed E-state index contributed by atoms with van der Waals surface area (Å²) in [6, 6.07) is 5.08. The van der Waals surface area contributed by atoms with Crippen LogP contribution in [-0.2, 0) is 0 Å². The summed E-state index contributed by atoms with van der Waals surface area (Å²) in [5, 5.41) is 1.04. The molecule has 0 N–H and O–H groups in total. The minimum atomic E-state index is -0.110. The molecule has 0 bridgehead atoms. The van der Waals surface area contributed by atoms with Gasteiger partial charge in [0, 0.05) is 5.33 Å². The van der Waals surface area contributed by atoms with Crippen LogP contribution in [0.25, 0.3) is 0 Å². The maximum atomic E-state index is 13.0.